The molecule has 0 spiro atoms. The smallest absolute Gasteiger partial charge is 0.407 e. The van der Waals surface area contributed by atoms with Crippen molar-refractivity contribution in [2.45, 2.75) is 25.3 Å². The average molecular weight is 221 g/mol. The largest absolute Gasteiger partial charge is 0.508 e. The number of carboxylic acid groups (broad SMARTS) is 1. The van der Waals surface area contributed by atoms with Gasteiger partial charge in [0.05, 0.1) is 0 Å². The first-order valence-corrected chi connectivity index (χ1v) is 5.45. The Morgan fingerprint density at radius 1 is 1.44 bits per heavy atom. The molecule has 1 aromatic rings. The maximum absolute atomic E-state index is 11.0. The Morgan fingerprint density at radius 2 is 2.19 bits per heavy atom. The maximum atomic E-state index is 11.0. The third-order valence-electron chi connectivity index (χ3n) is 3.07. The average Bonchev–Trinajstić information content (AvgIpc) is 2.69. The van der Waals surface area contributed by atoms with Gasteiger partial charge in [0, 0.05) is 12.6 Å². The van der Waals surface area contributed by atoms with Crippen molar-refractivity contribution in [3.8, 4) is 5.75 Å². The van der Waals surface area contributed by atoms with Crippen LogP contribution >= 0.6 is 0 Å². The van der Waals surface area contributed by atoms with E-state index in [1.807, 2.05) is 12.1 Å². The van der Waals surface area contributed by atoms with E-state index < -0.39 is 6.09 Å². The number of para-hydroxylation sites is 1. The standard InChI is InChI=1S/C12H15NO3/c14-11-6-2-1-4-9(11)8-10-5-3-7-13(10)12(15)16/h1-2,4,6,10,14H,3,5,7-8H2,(H,15,16)/t10-/m0/s1. The number of amides is 1. The van der Waals surface area contributed by atoms with Gasteiger partial charge in [0.1, 0.15) is 5.75 Å². The number of phenols is 1. The van der Waals surface area contributed by atoms with E-state index in [0.29, 0.717) is 13.0 Å². The monoisotopic (exact) mass is 221 g/mol. The molecule has 0 saturated carbocycles. The molecule has 4 nitrogen and oxygen atoms in total. The SMILES string of the molecule is O=C(O)N1CCC[C@H]1Cc1ccccc1O. The summed E-state index contributed by atoms with van der Waals surface area (Å²) in [6, 6.07) is 7.10. The summed E-state index contributed by atoms with van der Waals surface area (Å²) < 4.78 is 0. The molecule has 4 heteroatoms. The van der Waals surface area contributed by atoms with Crippen LogP contribution in [0, 0.1) is 0 Å². The predicted molar refractivity (Wildman–Crippen MR) is 59.6 cm³/mol. The van der Waals surface area contributed by atoms with Crippen molar-refractivity contribution in [1.82, 2.24) is 4.90 Å². The summed E-state index contributed by atoms with van der Waals surface area (Å²) >= 11 is 0. The van der Waals surface area contributed by atoms with Gasteiger partial charge in [-0.15, -0.1) is 0 Å². The summed E-state index contributed by atoms with van der Waals surface area (Å²) in [5.74, 6) is 0.250. The zero-order chi connectivity index (χ0) is 11.5. The van der Waals surface area contributed by atoms with Crippen molar-refractivity contribution in [2.24, 2.45) is 0 Å². The van der Waals surface area contributed by atoms with Gasteiger partial charge in [-0.05, 0) is 30.9 Å². The van der Waals surface area contributed by atoms with Gasteiger partial charge in [-0.2, -0.15) is 0 Å². The third kappa shape index (κ3) is 2.10. The molecule has 1 aliphatic heterocycles. The highest BCUT2D eigenvalue weighted by Crippen LogP contribution is 2.25. The first-order valence-electron chi connectivity index (χ1n) is 5.45. The Morgan fingerprint density at radius 3 is 2.88 bits per heavy atom. The number of likely N-dealkylation sites (tertiary alicyclic amines) is 1. The van der Waals surface area contributed by atoms with Crippen LogP contribution in [0.3, 0.4) is 0 Å². The van der Waals surface area contributed by atoms with Gasteiger partial charge in [-0.1, -0.05) is 18.2 Å². The molecule has 86 valence electrons. The minimum absolute atomic E-state index is 0.00537. The lowest BCUT2D eigenvalue weighted by molar-refractivity contribution is 0.140. The van der Waals surface area contributed by atoms with Crippen molar-refractivity contribution in [3.63, 3.8) is 0 Å². The van der Waals surface area contributed by atoms with Gasteiger partial charge in [0.15, 0.2) is 0 Å². The molecule has 0 bridgehead atoms. The molecule has 1 atom stereocenters. The van der Waals surface area contributed by atoms with Crippen LogP contribution in [0.4, 0.5) is 4.79 Å². The molecule has 1 fully saturated rings. The molecule has 2 rings (SSSR count). The highest BCUT2D eigenvalue weighted by atomic mass is 16.4. The number of rotatable bonds is 2. The van der Waals surface area contributed by atoms with Crippen molar-refractivity contribution in [3.05, 3.63) is 29.8 Å². The number of hydrogen-bond acceptors (Lipinski definition) is 2. The lowest BCUT2D eigenvalue weighted by Gasteiger charge is -2.21. The zero-order valence-electron chi connectivity index (χ0n) is 8.97. The minimum Gasteiger partial charge on any atom is -0.508 e. The van der Waals surface area contributed by atoms with Crippen molar-refractivity contribution >= 4 is 6.09 Å². The van der Waals surface area contributed by atoms with Crippen LogP contribution in [-0.4, -0.2) is 33.8 Å². The van der Waals surface area contributed by atoms with Crippen LogP contribution in [0.5, 0.6) is 5.75 Å². The summed E-state index contributed by atoms with van der Waals surface area (Å²) in [4.78, 5) is 12.4. The molecule has 0 aromatic heterocycles. The molecule has 0 aliphatic carbocycles. The van der Waals surface area contributed by atoms with E-state index in [2.05, 4.69) is 0 Å². The third-order valence-corrected chi connectivity index (χ3v) is 3.07. The molecule has 1 aliphatic rings. The highest BCUT2D eigenvalue weighted by Gasteiger charge is 2.28. The van der Waals surface area contributed by atoms with E-state index in [-0.39, 0.29) is 11.8 Å². The fraction of sp³-hybridized carbons (Fsp3) is 0.417. The number of hydrogen-bond donors (Lipinski definition) is 2. The summed E-state index contributed by atoms with van der Waals surface area (Å²) in [7, 11) is 0. The van der Waals surface area contributed by atoms with Gasteiger partial charge >= 0.3 is 6.09 Å². The second kappa shape index (κ2) is 4.43. The van der Waals surface area contributed by atoms with Crippen LogP contribution in [0.1, 0.15) is 18.4 Å². The van der Waals surface area contributed by atoms with E-state index in [1.165, 1.54) is 4.90 Å². The molecule has 2 N–H and O–H groups in total. The summed E-state index contributed by atoms with van der Waals surface area (Å²) in [5, 5.41) is 18.6. The van der Waals surface area contributed by atoms with Crippen LogP contribution < -0.4 is 0 Å². The highest BCUT2D eigenvalue weighted by molar-refractivity contribution is 5.65. The van der Waals surface area contributed by atoms with E-state index >= 15 is 0 Å². The lowest BCUT2D eigenvalue weighted by Crippen LogP contribution is -2.35. The predicted octanol–water partition coefficient (Wildman–Crippen LogP) is 2.08. The van der Waals surface area contributed by atoms with Crippen LogP contribution in [0.25, 0.3) is 0 Å². The molecular formula is C12H15NO3. The topological polar surface area (TPSA) is 60.8 Å². The van der Waals surface area contributed by atoms with Crippen LogP contribution in [0.15, 0.2) is 24.3 Å². The van der Waals surface area contributed by atoms with Crippen molar-refractivity contribution in [2.75, 3.05) is 6.54 Å². The Balaban J connectivity index is 2.10. The summed E-state index contributed by atoms with van der Waals surface area (Å²) in [6.07, 6.45) is 1.52. The van der Waals surface area contributed by atoms with E-state index in [4.69, 9.17) is 5.11 Å². The van der Waals surface area contributed by atoms with Gasteiger partial charge in [-0.3, -0.25) is 0 Å². The van der Waals surface area contributed by atoms with Crippen LogP contribution in [0.2, 0.25) is 0 Å². The molecule has 0 unspecified atom stereocenters. The molecule has 16 heavy (non-hydrogen) atoms. The Kier molecular flexibility index (Phi) is 2.99. The quantitative estimate of drug-likeness (QED) is 0.803. The molecule has 1 saturated heterocycles. The Bertz CT molecular complexity index is 392. The summed E-state index contributed by atoms with van der Waals surface area (Å²) in [6.45, 7) is 0.605. The van der Waals surface area contributed by atoms with Crippen molar-refractivity contribution < 1.29 is 15.0 Å². The zero-order valence-corrected chi connectivity index (χ0v) is 8.97. The van der Waals surface area contributed by atoms with Gasteiger partial charge in [0.2, 0.25) is 0 Å². The number of aromatic hydroxyl groups is 1. The van der Waals surface area contributed by atoms with E-state index in [9.17, 15) is 9.90 Å². The normalized spacial score (nSPS) is 20.0. The van der Waals surface area contributed by atoms with Gasteiger partial charge < -0.3 is 15.1 Å². The second-order valence-electron chi connectivity index (χ2n) is 4.10. The van der Waals surface area contributed by atoms with Gasteiger partial charge in [-0.25, -0.2) is 4.79 Å². The van der Waals surface area contributed by atoms with Gasteiger partial charge in [0.25, 0.3) is 0 Å². The van der Waals surface area contributed by atoms with E-state index in [0.717, 1.165) is 18.4 Å². The lowest BCUT2D eigenvalue weighted by atomic mass is 10.0. The molecule has 0 radical (unpaired) electrons. The molecule has 1 aromatic carbocycles. The Labute approximate surface area is 94.1 Å². The molecule has 1 heterocycles. The maximum Gasteiger partial charge on any atom is 0.407 e. The van der Waals surface area contributed by atoms with E-state index in [1.54, 1.807) is 12.1 Å². The number of carbonyl (C=O) groups is 1. The summed E-state index contributed by atoms with van der Waals surface area (Å²) in [5.41, 5.74) is 0.820. The molecular weight excluding hydrogens is 206 g/mol. The first kappa shape index (κ1) is 10.8. The van der Waals surface area contributed by atoms with Crippen LogP contribution in [-0.2, 0) is 6.42 Å². The number of phenolic OH excluding ortho intramolecular Hbond substituents is 1. The van der Waals surface area contributed by atoms with Crippen molar-refractivity contribution in [1.29, 1.82) is 0 Å². The second-order valence-corrected chi connectivity index (χ2v) is 4.10. The first-order chi connectivity index (χ1) is 7.68. The fourth-order valence-electron chi connectivity index (χ4n) is 2.24. The minimum atomic E-state index is -0.863. The fourth-order valence-corrected chi connectivity index (χ4v) is 2.24. The number of nitrogens with zero attached hydrogens (tertiary/aromatic N) is 1. The number of benzene rings is 1. The Hall–Kier alpha value is -1.71. The molecule has 1 amide bonds.